The zero-order valence-corrected chi connectivity index (χ0v) is 8.50. The van der Waals surface area contributed by atoms with Crippen molar-refractivity contribution < 1.29 is 0 Å². The fourth-order valence-corrected chi connectivity index (χ4v) is 1.46. The highest BCUT2D eigenvalue weighted by atomic mass is 15.0. The van der Waals surface area contributed by atoms with Gasteiger partial charge in [-0.25, -0.2) is 0 Å². The Kier molecular flexibility index (Phi) is 5.30. The molecule has 13 heavy (non-hydrogen) atoms. The highest BCUT2D eigenvalue weighted by Crippen LogP contribution is 2.17. The molecule has 1 aliphatic heterocycles. The minimum atomic E-state index is 1.01. The lowest BCUT2D eigenvalue weighted by molar-refractivity contribution is 0.590. The molecule has 0 bridgehead atoms. The van der Waals surface area contributed by atoms with Crippen LogP contribution in [-0.4, -0.2) is 12.4 Å². The summed E-state index contributed by atoms with van der Waals surface area (Å²) in [7, 11) is 0. The molecule has 0 aromatic heterocycles. The maximum absolute atomic E-state index is 4.14. The van der Waals surface area contributed by atoms with Crippen LogP contribution < -0.4 is 0 Å². The third-order valence-corrected chi connectivity index (χ3v) is 2.27. The van der Waals surface area contributed by atoms with Crippen molar-refractivity contribution in [2.75, 3.05) is 0 Å². The standard InChI is InChI=1S/C11H19N2/c1-2-3-4-5-6-7-8-11-12-9-10-13-11/h9-10H,2-8H2,1H3/q+1. The molecule has 2 heteroatoms. The quantitative estimate of drug-likeness (QED) is 0.423. The van der Waals surface area contributed by atoms with Crippen LogP contribution in [0.1, 0.15) is 51.9 Å². The van der Waals surface area contributed by atoms with Crippen molar-refractivity contribution in [2.24, 2.45) is 9.98 Å². The number of unbranched alkanes of at least 4 members (excludes halogenated alkanes) is 5. The topological polar surface area (TPSA) is 24.7 Å². The molecule has 1 aliphatic rings. The SMILES string of the molecule is CCCCCCCC[C+]1N=CC=N1. The van der Waals surface area contributed by atoms with E-state index in [0.717, 1.165) is 12.6 Å². The van der Waals surface area contributed by atoms with Gasteiger partial charge < -0.3 is 0 Å². The summed E-state index contributed by atoms with van der Waals surface area (Å²) in [5.74, 6) is 0. The summed E-state index contributed by atoms with van der Waals surface area (Å²) >= 11 is 0. The molecule has 0 saturated carbocycles. The Balaban J connectivity index is 1.84. The van der Waals surface area contributed by atoms with Crippen LogP contribution in [0, 0.1) is 6.17 Å². The molecule has 0 aromatic carbocycles. The van der Waals surface area contributed by atoms with Gasteiger partial charge in [-0.2, -0.15) is 0 Å². The smallest absolute Gasteiger partial charge is 0.0968 e. The molecule has 2 nitrogen and oxygen atoms in total. The normalized spacial score (nSPS) is 14.4. The average Bonchev–Trinajstić information content (AvgIpc) is 2.63. The highest BCUT2D eigenvalue weighted by Gasteiger charge is 2.14. The van der Waals surface area contributed by atoms with Crippen molar-refractivity contribution in [1.29, 1.82) is 0 Å². The molecule has 0 N–H and O–H groups in total. The first-order valence-electron chi connectivity index (χ1n) is 5.36. The van der Waals surface area contributed by atoms with Gasteiger partial charge in [-0.05, 0) is 6.42 Å². The Morgan fingerprint density at radius 2 is 1.54 bits per heavy atom. The molecular formula is C11H19N2+. The van der Waals surface area contributed by atoms with Gasteiger partial charge in [0.1, 0.15) is 0 Å². The monoisotopic (exact) mass is 179 g/mol. The predicted molar refractivity (Wildman–Crippen MR) is 58.2 cm³/mol. The predicted octanol–water partition coefficient (Wildman–Crippen LogP) is 3.38. The second kappa shape index (κ2) is 6.70. The van der Waals surface area contributed by atoms with Crippen LogP contribution >= 0.6 is 0 Å². The van der Waals surface area contributed by atoms with E-state index in [9.17, 15) is 0 Å². The molecule has 0 spiro atoms. The number of aliphatic imine (C=N–C) groups is 2. The fourth-order valence-electron chi connectivity index (χ4n) is 1.46. The van der Waals surface area contributed by atoms with Gasteiger partial charge in [0, 0.05) is 0 Å². The van der Waals surface area contributed by atoms with E-state index < -0.39 is 0 Å². The van der Waals surface area contributed by atoms with Crippen LogP contribution in [0.3, 0.4) is 0 Å². The Morgan fingerprint density at radius 1 is 0.923 bits per heavy atom. The van der Waals surface area contributed by atoms with Gasteiger partial charge in [0.25, 0.3) is 0 Å². The van der Waals surface area contributed by atoms with Gasteiger partial charge >= 0.3 is 0 Å². The molecule has 0 radical (unpaired) electrons. The van der Waals surface area contributed by atoms with Crippen LogP contribution in [0.5, 0.6) is 0 Å². The van der Waals surface area contributed by atoms with Crippen LogP contribution in [0.4, 0.5) is 0 Å². The molecule has 0 aliphatic carbocycles. The minimum Gasteiger partial charge on any atom is -0.0968 e. The first-order chi connectivity index (χ1) is 6.43. The molecule has 0 atom stereocenters. The van der Waals surface area contributed by atoms with Crippen LogP contribution in [-0.2, 0) is 0 Å². The van der Waals surface area contributed by atoms with E-state index >= 15 is 0 Å². The molecule has 0 fully saturated rings. The molecule has 0 saturated heterocycles. The largest absolute Gasteiger partial charge is 0.240 e. The summed E-state index contributed by atoms with van der Waals surface area (Å²) in [5.41, 5.74) is 0. The Hall–Kier alpha value is -0.790. The van der Waals surface area contributed by atoms with Crippen molar-refractivity contribution in [3.05, 3.63) is 6.17 Å². The molecule has 1 rings (SSSR count). The summed E-state index contributed by atoms with van der Waals surface area (Å²) in [6, 6.07) is 0. The van der Waals surface area contributed by atoms with Crippen LogP contribution in [0.25, 0.3) is 0 Å². The third kappa shape index (κ3) is 4.71. The third-order valence-electron chi connectivity index (χ3n) is 2.27. The van der Waals surface area contributed by atoms with E-state index in [-0.39, 0.29) is 0 Å². The van der Waals surface area contributed by atoms with Crippen molar-refractivity contribution in [2.45, 2.75) is 51.9 Å². The average molecular weight is 179 g/mol. The number of hydrogen-bond donors (Lipinski definition) is 0. The lowest BCUT2D eigenvalue weighted by atomic mass is 10.1. The molecule has 0 aromatic rings. The van der Waals surface area contributed by atoms with E-state index in [2.05, 4.69) is 16.9 Å². The second-order valence-electron chi connectivity index (χ2n) is 3.49. The van der Waals surface area contributed by atoms with E-state index in [1.54, 1.807) is 12.4 Å². The van der Waals surface area contributed by atoms with E-state index in [1.165, 1.54) is 38.5 Å². The molecule has 72 valence electrons. The Bertz CT molecular complexity index is 161. The molecule has 1 heterocycles. The van der Waals surface area contributed by atoms with Gasteiger partial charge in [-0.1, -0.05) is 49.0 Å². The maximum atomic E-state index is 4.14. The molecule has 0 amide bonds. The Morgan fingerprint density at radius 3 is 2.23 bits per heavy atom. The van der Waals surface area contributed by atoms with Crippen molar-refractivity contribution in [3.8, 4) is 0 Å². The number of rotatable bonds is 7. The van der Waals surface area contributed by atoms with Gasteiger partial charge in [0.15, 0.2) is 12.4 Å². The number of hydrogen-bond acceptors (Lipinski definition) is 2. The van der Waals surface area contributed by atoms with Gasteiger partial charge in [-0.3, -0.25) is 0 Å². The summed E-state index contributed by atoms with van der Waals surface area (Å²) in [6.45, 7) is 2.25. The van der Waals surface area contributed by atoms with Crippen LogP contribution in [0.2, 0.25) is 0 Å². The first-order valence-corrected chi connectivity index (χ1v) is 5.36. The summed E-state index contributed by atoms with van der Waals surface area (Å²) in [5, 5.41) is 0. The van der Waals surface area contributed by atoms with Gasteiger partial charge in [0.05, 0.1) is 6.42 Å². The lowest BCUT2D eigenvalue weighted by Gasteiger charge is -1.98. The van der Waals surface area contributed by atoms with E-state index in [0.29, 0.717) is 0 Å². The zero-order chi connectivity index (χ0) is 9.36. The summed E-state index contributed by atoms with van der Waals surface area (Å²) in [4.78, 5) is 8.28. The summed E-state index contributed by atoms with van der Waals surface area (Å²) < 4.78 is 0. The molecule has 0 unspecified atom stereocenters. The second-order valence-corrected chi connectivity index (χ2v) is 3.49. The first kappa shape index (κ1) is 10.3. The minimum absolute atomic E-state index is 1.01. The maximum Gasteiger partial charge on any atom is 0.240 e. The summed E-state index contributed by atoms with van der Waals surface area (Å²) in [6.07, 6.45) is 13.6. The van der Waals surface area contributed by atoms with Crippen molar-refractivity contribution in [3.63, 3.8) is 0 Å². The van der Waals surface area contributed by atoms with Crippen molar-refractivity contribution >= 4 is 12.4 Å². The van der Waals surface area contributed by atoms with Crippen molar-refractivity contribution in [1.82, 2.24) is 0 Å². The molecular weight excluding hydrogens is 160 g/mol. The van der Waals surface area contributed by atoms with E-state index in [4.69, 9.17) is 0 Å². The number of nitrogens with zero attached hydrogens (tertiary/aromatic N) is 2. The van der Waals surface area contributed by atoms with Gasteiger partial charge in [0.2, 0.25) is 6.17 Å². The Labute approximate surface area is 81.2 Å². The fraction of sp³-hybridized carbons (Fsp3) is 0.727. The zero-order valence-electron chi connectivity index (χ0n) is 8.50. The lowest BCUT2D eigenvalue weighted by Crippen LogP contribution is -1.86. The highest BCUT2D eigenvalue weighted by molar-refractivity contribution is 6.18. The van der Waals surface area contributed by atoms with E-state index in [1.807, 2.05) is 0 Å². The van der Waals surface area contributed by atoms with Gasteiger partial charge in [-0.15, -0.1) is 0 Å². The van der Waals surface area contributed by atoms with Crippen LogP contribution in [0.15, 0.2) is 9.98 Å².